The lowest BCUT2D eigenvalue weighted by atomic mass is 10.1. The quantitative estimate of drug-likeness (QED) is 0.851. The first-order chi connectivity index (χ1) is 13.1. The first-order valence-corrected chi connectivity index (χ1v) is 8.98. The molecule has 2 aromatic carbocycles. The summed E-state index contributed by atoms with van der Waals surface area (Å²) in [5.41, 5.74) is 1.51. The summed E-state index contributed by atoms with van der Waals surface area (Å²) >= 11 is 0. The van der Waals surface area contributed by atoms with Gasteiger partial charge < -0.3 is 19.7 Å². The van der Waals surface area contributed by atoms with E-state index >= 15 is 0 Å². The van der Waals surface area contributed by atoms with Gasteiger partial charge in [-0.25, -0.2) is 0 Å². The van der Waals surface area contributed by atoms with Crippen molar-refractivity contribution in [1.82, 2.24) is 4.90 Å². The van der Waals surface area contributed by atoms with E-state index in [4.69, 9.17) is 9.47 Å². The lowest BCUT2D eigenvalue weighted by Crippen LogP contribution is -2.43. The van der Waals surface area contributed by atoms with E-state index in [0.717, 1.165) is 12.0 Å². The van der Waals surface area contributed by atoms with Gasteiger partial charge in [0.1, 0.15) is 17.5 Å². The second-order valence-electron chi connectivity index (χ2n) is 6.46. The summed E-state index contributed by atoms with van der Waals surface area (Å²) < 4.78 is 10.5. The topological polar surface area (TPSA) is 67.9 Å². The molecule has 6 nitrogen and oxygen atoms in total. The lowest BCUT2D eigenvalue weighted by Gasteiger charge is -2.24. The van der Waals surface area contributed by atoms with E-state index in [-0.39, 0.29) is 11.8 Å². The number of carbonyl (C=O) groups is 2. The van der Waals surface area contributed by atoms with E-state index in [2.05, 4.69) is 5.32 Å². The van der Waals surface area contributed by atoms with Crippen LogP contribution in [-0.2, 0) is 16.0 Å². The van der Waals surface area contributed by atoms with Crippen LogP contribution in [0.25, 0.3) is 0 Å². The van der Waals surface area contributed by atoms with Crippen molar-refractivity contribution in [2.75, 3.05) is 26.1 Å². The Kier molecular flexibility index (Phi) is 5.96. The van der Waals surface area contributed by atoms with E-state index in [1.165, 1.54) is 7.11 Å². The Labute approximate surface area is 159 Å². The van der Waals surface area contributed by atoms with Gasteiger partial charge in [-0.1, -0.05) is 30.3 Å². The van der Waals surface area contributed by atoms with Crippen LogP contribution in [0.5, 0.6) is 11.5 Å². The molecule has 0 spiro atoms. The maximum absolute atomic E-state index is 12.8. The number of nitrogens with zero attached hydrogens (tertiary/aromatic N) is 1. The fourth-order valence-electron chi connectivity index (χ4n) is 3.33. The number of rotatable bonds is 6. The summed E-state index contributed by atoms with van der Waals surface area (Å²) in [4.78, 5) is 27.2. The molecular formula is C21H24N2O4. The summed E-state index contributed by atoms with van der Waals surface area (Å²) in [6, 6.07) is 14.3. The molecule has 1 unspecified atom stereocenters. The van der Waals surface area contributed by atoms with Gasteiger partial charge in [0.05, 0.1) is 26.3 Å². The Morgan fingerprint density at radius 2 is 1.89 bits per heavy atom. The predicted octanol–water partition coefficient (Wildman–Crippen LogP) is 2.88. The average Bonchev–Trinajstić information content (AvgIpc) is 3.19. The molecule has 1 fully saturated rings. The van der Waals surface area contributed by atoms with Crippen LogP contribution in [0.15, 0.2) is 48.5 Å². The van der Waals surface area contributed by atoms with Gasteiger partial charge >= 0.3 is 0 Å². The molecule has 0 bridgehead atoms. The molecule has 1 atom stereocenters. The molecular weight excluding hydrogens is 344 g/mol. The molecule has 1 N–H and O–H groups in total. The Bertz CT molecular complexity index is 807. The Morgan fingerprint density at radius 3 is 2.59 bits per heavy atom. The van der Waals surface area contributed by atoms with Crippen molar-refractivity contribution in [2.24, 2.45) is 0 Å². The largest absolute Gasteiger partial charge is 0.497 e. The molecule has 1 heterocycles. The van der Waals surface area contributed by atoms with Gasteiger partial charge in [-0.2, -0.15) is 0 Å². The molecule has 1 saturated heterocycles. The van der Waals surface area contributed by atoms with E-state index in [9.17, 15) is 9.59 Å². The van der Waals surface area contributed by atoms with Crippen molar-refractivity contribution >= 4 is 17.5 Å². The number of likely N-dealkylation sites (tertiary alicyclic amines) is 1. The molecule has 1 aliphatic rings. The van der Waals surface area contributed by atoms with Crippen LogP contribution in [0.4, 0.5) is 5.69 Å². The second-order valence-corrected chi connectivity index (χ2v) is 6.46. The van der Waals surface area contributed by atoms with Gasteiger partial charge in [0.2, 0.25) is 11.8 Å². The summed E-state index contributed by atoms with van der Waals surface area (Å²) in [5, 5.41) is 2.89. The number of methoxy groups -OCH3 is 2. The van der Waals surface area contributed by atoms with Gasteiger partial charge in [-0.05, 0) is 30.5 Å². The van der Waals surface area contributed by atoms with Crippen molar-refractivity contribution in [3.8, 4) is 11.5 Å². The normalized spacial score (nSPS) is 16.1. The zero-order chi connectivity index (χ0) is 19.2. The molecule has 27 heavy (non-hydrogen) atoms. The van der Waals surface area contributed by atoms with Gasteiger partial charge in [0.15, 0.2) is 0 Å². The van der Waals surface area contributed by atoms with Crippen molar-refractivity contribution in [1.29, 1.82) is 0 Å². The van der Waals surface area contributed by atoms with Crippen LogP contribution in [0.2, 0.25) is 0 Å². The maximum Gasteiger partial charge on any atom is 0.247 e. The SMILES string of the molecule is COc1ccc(NC(=O)C2CCCN2C(=O)Cc2ccccc2)c(OC)c1. The molecule has 6 heteroatoms. The van der Waals surface area contributed by atoms with Crippen molar-refractivity contribution in [2.45, 2.75) is 25.3 Å². The number of benzene rings is 2. The highest BCUT2D eigenvalue weighted by Gasteiger charge is 2.34. The number of amides is 2. The van der Waals surface area contributed by atoms with E-state index in [1.54, 1.807) is 30.2 Å². The third-order valence-electron chi connectivity index (χ3n) is 4.74. The third kappa shape index (κ3) is 4.39. The number of ether oxygens (including phenoxy) is 2. The fraction of sp³-hybridized carbons (Fsp3) is 0.333. The summed E-state index contributed by atoms with van der Waals surface area (Å²) in [7, 11) is 3.11. The van der Waals surface area contributed by atoms with Crippen LogP contribution in [0, 0.1) is 0 Å². The Hall–Kier alpha value is -3.02. The van der Waals surface area contributed by atoms with Gasteiger partial charge in [0.25, 0.3) is 0 Å². The van der Waals surface area contributed by atoms with Gasteiger partial charge in [0, 0.05) is 12.6 Å². The smallest absolute Gasteiger partial charge is 0.247 e. The first-order valence-electron chi connectivity index (χ1n) is 8.98. The molecule has 0 aromatic heterocycles. The monoisotopic (exact) mass is 368 g/mol. The van der Waals surface area contributed by atoms with E-state index < -0.39 is 6.04 Å². The minimum atomic E-state index is -0.465. The minimum absolute atomic E-state index is 0.0273. The highest BCUT2D eigenvalue weighted by molar-refractivity contribution is 5.98. The van der Waals surface area contributed by atoms with Crippen molar-refractivity contribution in [3.63, 3.8) is 0 Å². The minimum Gasteiger partial charge on any atom is -0.497 e. The average molecular weight is 368 g/mol. The zero-order valence-electron chi connectivity index (χ0n) is 15.6. The standard InChI is InChI=1S/C21H24N2O4/c1-26-16-10-11-17(19(14-16)27-2)22-21(25)18-9-6-12-23(18)20(24)13-15-7-4-3-5-8-15/h3-5,7-8,10-11,14,18H,6,9,12-13H2,1-2H3,(H,22,25). The van der Waals surface area contributed by atoms with Gasteiger partial charge in [-0.3, -0.25) is 9.59 Å². The van der Waals surface area contributed by atoms with Crippen LogP contribution >= 0.6 is 0 Å². The number of anilines is 1. The Morgan fingerprint density at radius 1 is 1.11 bits per heavy atom. The molecule has 142 valence electrons. The van der Waals surface area contributed by atoms with Crippen LogP contribution < -0.4 is 14.8 Å². The van der Waals surface area contributed by atoms with Crippen LogP contribution in [0.3, 0.4) is 0 Å². The molecule has 0 aliphatic carbocycles. The summed E-state index contributed by atoms with van der Waals surface area (Å²) in [5.74, 6) is 0.936. The predicted molar refractivity (Wildman–Crippen MR) is 103 cm³/mol. The van der Waals surface area contributed by atoms with E-state index in [0.29, 0.717) is 36.6 Å². The fourth-order valence-corrected chi connectivity index (χ4v) is 3.33. The highest BCUT2D eigenvalue weighted by Crippen LogP contribution is 2.30. The zero-order valence-corrected chi connectivity index (χ0v) is 15.6. The summed E-state index contributed by atoms with van der Waals surface area (Å²) in [6.45, 7) is 0.601. The second kappa shape index (κ2) is 8.58. The number of hydrogen-bond acceptors (Lipinski definition) is 4. The molecule has 2 amide bonds. The molecule has 2 aromatic rings. The number of nitrogens with one attached hydrogen (secondary N) is 1. The van der Waals surface area contributed by atoms with Crippen molar-refractivity contribution in [3.05, 3.63) is 54.1 Å². The van der Waals surface area contributed by atoms with Crippen molar-refractivity contribution < 1.29 is 19.1 Å². The third-order valence-corrected chi connectivity index (χ3v) is 4.74. The molecule has 1 aliphatic heterocycles. The van der Waals surface area contributed by atoms with Gasteiger partial charge in [-0.15, -0.1) is 0 Å². The summed E-state index contributed by atoms with van der Waals surface area (Å²) in [6.07, 6.45) is 1.78. The maximum atomic E-state index is 12.8. The molecule has 3 rings (SSSR count). The first kappa shape index (κ1) is 18.8. The molecule has 0 saturated carbocycles. The number of hydrogen-bond donors (Lipinski definition) is 1. The highest BCUT2D eigenvalue weighted by atomic mass is 16.5. The molecule has 0 radical (unpaired) electrons. The van der Waals surface area contributed by atoms with E-state index in [1.807, 2.05) is 30.3 Å². The van der Waals surface area contributed by atoms with Crippen LogP contribution in [0.1, 0.15) is 18.4 Å². The Balaban J connectivity index is 1.69. The lowest BCUT2D eigenvalue weighted by molar-refractivity contribution is -0.136. The number of carbonyl (C=O) groups excluding carboxylic acids is 2. The van der Waals surface area contributed by atoms with Crippen LogP contribution in [-0.4, -0.2) is 43.5 Å².